The Morgan fingerprint density at radius 2 is 1.81 bits per heavy atom. The number of nitrogens with one attached hydrogen (secondary N) is 1. The number of piperidine rings is 1. The Morgan fingerprint density at radius 1 is 1.19 bits per heavy atom. The molecular formula is C14H28N2. The Bertz CT molecular complexity index is 203. The van der Waals surface area contributed by atoms with Gasteiger partial charge in [0, 0.05) is 12.6 Å². The van der Waals surface area contributed by atoms with E-state index in [-0.39, 0.29) is 0 Å². The minimum absolute atomic E-state index is 0.573. The molecule has 2 aliphatic rings. The molecular weight excluding hydrogens is 196 g/mol. The van der Waals surface area contributed by atoms with Gasteiger partial charge in [-0.25, -0.2) is 0 Å². The number of rotatable bonds is 4. The molecule has 2 fully saturated rings. The molecule has 1 saturated carbocycles. The molecule has 1 aliphatic carbocycles. The van der Waals surface area contributed by atoms with Crippen LogP contribution in [0.3, 0.4) is 0 Å². The topological polar surface area (TPSA) is 15.3 Å². The fourth-order valence-corrected chi connectivity index (χ4v) is 3.45. The van der Waals surface area contributed by atoms with E-state index in [2.05, 4.69) is 24.1 Å². The largest absolute Gasteiger partial charge is 0.317 e. The predicted octanol–water partition coefficient (Wildman–Crippen LogP) is 2.64. The average Bonchev–Trinajstić information content (AvgIpc) is 2.80. The molecule has 2 nitrogen and oxygen atoms in total. The van der Waals surface area contributed by atoms with Crippen molar-refractivity contribution < 1.29 is 0 Å². The van der Waals surface area contributed by atoms with E-state index < -0.39 is 0 Å². The first kappa shape index (κ1) is 12.4. The molecule has 0 bridgehead atoms. The van der Waals surface area contributed by atoms with Crippen molar-refractivity contribution in [3.8, 4) is 0 Å². The highest BCUT2D eigenvalue weighted by atomic mass is 15.2. The van der Waals surface area contributed by atoms with Gasteiger partial charge in [-0.15, -0.1) is 0 Å². The molecule has 16 heavy (non-hydrogen) atoms. The van der Waals surface area contributed by atoms with E-state index in [9.17, 15) is 0 Å². The lowest BCUT2D eigenvalue weighted by Gasteiger charge is -2.40. The van der Waals surface area contributed by atoms with Crippen LogP contribution in [0.25, 0.3) is 0 Å². The van der Waals surface area contributed by atoms with Gasteiger partial charge in [-0.05, 0) is 50.7 Å². The van der Waals surface area contributed by atoms with Gasteiger partial charge >= 0.3 is 0 Å². The lowest BCUT2D eigenvalue weighted by molar-refractivity contribution is 0.0998. The zero-order valence-corrected chi connectivity index (χ0v) is 11.1. The van der Waals surface area contributed by atoms with E-state index in [1.54, 1.807) is 0 Å². The summed E-state index contributed by atoms with van der Waals surface area (Å²) in [5.74, 6) is 0. The summed E-state index contributed by atoms with van der Waals surface area (Å²) in [6.07, 6.45) is 8.52. The van der Waals surface area contributed by atoms with Gasteiger partial charge in [-0.3, -0.25) is 0 Å². The lowest BCUT2D eigenvalue weighted by Crippen LogP contribution is -2.45. The fraction of sp³-hybridized carbons (Fsp3) is 1.00. The Hall–Kier alpha value is -0.0800. The van der Waals surface area contributed by atoms with Crippen LogP contribution in [0, 0.1) is 5.41 Å². The molecule has 94 valence electrons. The molecule has 0 aromatic carbocycles. The zero-order chi connectivity index (χ0) is 11.4. The van der Waals surface area contributed by atoms with Crippen LogP contribution >= 0.6 is 0 Å². The number of hydrogen-bond acceptors (Lipinski definition) is 2. The van der Waals surface area contributed by atoms with Crippen LogP contribution in [-0.4, -0.2) is 37.1 Å². The van der Waals surface area contributed by atoms with E-state index in [4.69, 9.17) is 0 Å². The second-order valence-corrected chi connectivity index (χ2v) is 6.06. The first-order valence-electron chi connectivity index (χ1n) is 7.18. The number of nitrogens with zero attached hydrogens (tertiary/aromatic N) is 1. The Morgan fingerprint density at radius 3 is 2.38 bits per heavy atom. The third-order valence-electron chi connectivity index (χ3n) is 4.64. The molecule has 2 rings (SSSR count). The summed E-state index contributed by atoms with van der Waals surface area (Å²) < 4.78 is 0. The van der Waals surface area contributed by atoms with Gasteiger partial charge in [0.1, 0.15) is 0 Å². The first-order chi connectivity index (χ1) is 7.73. The van der Waals surface area contributed by atoms with Gasteiger partial charge in [0.2, 0.25) is 0 Å². The van der Waals surface area contributed by atoms with Crippen LogP contribution in [0.15, 0.2) is 0 Å². The van der Waals surface area contributed by atoms with Crippen LogP contribution in [0.1, 0.15) is 52.4 Å². The second-order valence-electron chi connectivity index (χ2n) is 6.06. The predicted molar refractivity (Wildman–Crippen MR) is 69.7 cm³/mol. The molecule has 0 unspecified atom stereocenters. The van der Waals surface area contributed by atoms with Gasteiger partial charge in [-0.2, -0.15) is 0 Å². The monoisotopic (exact) mass is 224 g/mol. The smallest absolute Gasteiger partial charge is 0.00953 e. The first-order valence-corrected chi connectivity index (χ1v) is 7.18. The highest BCUT2D eigenvalue weighted by molar-refractivity contribution is 4.86. The Balaban J connectivity index is 1.89. The lowest BCUT2D eigenvalue weighted by atomic mass is 9.80. The normalized spacial score (nSPS) is 26.4. The van der Waals surface area contributed by atoms with Crippen molar-refractivity contribution in [2.45, 2.75) is 58.4 Å². The Kier molecular flexibility index (Phi) is 4.26. The third kappa shape index (κ3) is 2.98. The van der Waals surface area contributed by atoms with Gasteiger partial charge in [0.15, 0.2) is 0 Å². The minimum Gasteiger partial charge on any atom is -0.317 e. The maximum absolute atomic E-state index is 3.48. The van der Waals surface area contributed by atoms with Gasteiger partial charge in [0.25, 0.3) is 0 Å². The van der Waals surface area contributed by atoms with Crippen LogP contribution in [0.5, 0.6) is 0 Å². The van der Waals surface area contributed by atoms with Crippen LogP contribution in [0.2, 0.25) is 0 Å². The highest BCUT2D eigenvalue weighted by Crippen LogP contribution is 2.32. The van der Waals surface area contributed by atoms with Crippen molar-refractivity contribution in [1.29, 1.82) is 0 Å². The quantitative estimate of drug-likeness (QED) is 0.790. The van der Waals surface area contributed by atoms with E-state index in [1.165, 1.54) is 64.7 Å². The third-order valence-corrected chi connectivity index (χ3v) is 4.64. The zero-order valence-electron chi connectivity index (χ0n) is 11.1. The van der Waals surface area contributed by atoms with E-state index in [0.717, 1.165) is 6.04 Å². The molecule has 1 aliphatic heterocycles. The Labute approximate surface area is 101 Å². The maximum Gasteiger partial charge on any atom is 0.00953 e. The van der Waals surface area contributed by atoms with Crippen LogP contribution in [-0.2, 0) is 0 Å². The van der Waals surface area contributed by atoms with Crippen molar-refractivity contribution in [2.75, 3.05) is 26.2 Å². The second kappa shape index (κ2) is 5.50. The summed E-state index contributed by atoms with van der Waals surface area (Å²) in [4.78, 5) is 2.76. The van der Waals surface area contributed by atoms with Gasteiger partial charge in [0.05, 0.1) is 0 Å². The van der Waals surface area contributed by atoms with Crippen molar-refractivity contribution >= 4 is 0 Å². The minimum atomic E-state index is 0.573. The average molecular weight is 224 g/mol. The summed E-state index contributed by atoms with van der Waals surface area (Å²) in [6.45, 7) is 9.84. The van der Waals surface area contributed by atoms with Crippen LogP contribution in [0.4, 0.5) is 0 Å². The molecule has 2 heteroatoms. The van der Waals surface area contributed by atoms with E-state index >= 15 is 0 Å². The summed E-state index contributed by atoms with van der Waals surface area (Å²) in [6, 6.07) is 0.900. The molecule has 0 atom stereocenters. The molecule has 0 amide bonds. The van der Waals surface area contributed by atoms with E-state index in [0.29, 0.717) is 5.41 Å². The summed E-state index contributed by atoms with van der Waals surface area (Å²) in [7, 11) is 0. The molecule has 0 aromatic rings. The molecule has 0 aromatic heterocycles. The van der Waals surface area contributed by atoms with Gasteiger partial charge < -0.3 is 10.2 Å². The fourth-order valence-electron chi connectivity index (χ4n) is 3.45. The maximum atomic E-state index is 3.48. The highest BCUT2D eigenvalue weighted by Gasteiger charge is 2.31. The summed E-state index contributed by atoms with van der Waals surface area (Å²) in [5.41, 5.74) is 0.573. The summed E-state index contributed by atoms with van der Waals surface area (Å²) >= 11 is 0. The van der Waals surface area contributed by atoms with Crippen molar-refractivity contribution in [3.63, 3.8) is 0 Å². The van der Waals surface area contributed by atoms with Gasteiger partial charge in [-0.1, -0.05) is 26.7 Å². The molecule has 0 spiro atoms. The molecule has 1 heterocycles. The molecule has 1 N–H and O–H groups in total. The van der Waals surface area contributed by atoms with Crippen LogP contribution < -0.4 is 5.32 Å². The van der Waals surface area contributed by atoms with E-state index in [1.807, 2.05) is 0 Å². The molecule has 1 saturated heterocycles. The summed E-state index contributed by atoms with van der Waals surface area (Å²) in [5, 5.41) is 3.48. The standard InChI is InChI=1S/C14H28N2/c1-3-16(13-6-4-5-7-13)12-14(2)8-10-15-11-9-14/h13,15H,3-12H2,1-2H3. The van der Waals surface area contributed by atoms with Crippen molar-refractivity contribution in [2.24, 2.45) is 5.41 Å². The SMILES string of the molecule is CCN(CC1(C)CCNCC1)C1CCCC1. The van der Waals surface area contributed by atoms with Crippen molar-refractivity contribution in [3.05, 3.63) is 0 Å². The molecule has 0 radical (unpaired) electrons. The number of hydrogen-bond donors (Lipinski definition) is 1. The van der Waals surface area contributed by atoms with Crippen molar-refractivity contribution in [1.82, 2.24) is 10.2 Å².